The molecule has 1 aromatic carbocycles. The van der Waals surface area contributed by atoms with Gasteiger partial charge < -0.3 is 15.2 Å². The van der Waals surface area contributed by atoms with E-state index in [0.29, 0.717) is 0 Å². The van der Waals surface area contributed by atoms with E-state index in [2.05, 4.69) is 21.2 Å². The normalized spacial score (nSPS) is 11.7. The minimum absolute atomic E-state index is 0.101. The Morgan fingerprint density at radius 3 is 2.64 bits per heavy atom. The molecule has 1 amide bonds. The maximum absolute atomic E-state index is 11.7. The SMILES string of the molecule is O=C(N[C@@H](Cc1cc(Br)cs1)C(=O)O)OCc1ccccc1. The molecule has 0 spiro atoms. The summed E-state index contributed by atoms with van der Waals surface area (Å²) in [6.07, 6.45) is -0.529. The molecule has 0 saturated carbocycles. The Morgan fingerprint density at radius 1 is 1.32 bits per heavy atom. The first kappa shape index (κ1) is 16.5. The third-order valence-electron chi connectivity index (χ3n) is 2.83. The molecule has 0 saturated heterocycles. The second-order valence-corrected chi connectivity index (χ2v) is 6.44. The monoisotopic (exact) mass is 383 g/mol. The fourth-order valence-corrected chi connectivity index (χ4v) is 3.27. The van der Waals surface area contributed by atoms with Gasteiger partial charge >= 0.3 is 12.1 Å². The molecule has 2 rings (SSSR count). The van der Waals surface area contributed by atoms with Gasteiger partial charge in [0.2, 0.25) is 0 Å². The van der Waals surface area contributed by atoms with Crippen molar-refractivity contribution in [2.24, 2.45) is 0 Å². The van der Waals surface area contributed by atoms with Gasteiger partial charge in [-0.05, 0) is 27.6 Å². The summed E-state index contributed by atoms with van der Waals surface area (Å²) >= 11 is 4.74. The lowest BCUT2D eigenvalue weighted by Gasteiger charge is -2.13. The van der Waals surface area contributed by atoms with Gasteiger partial charge in [-0.1, -0.05) is 30.3 Å². The first-order valence-corrected chi connectivity index (χ1v) is 8.15. The number of aliphatic carboxylic acids is 1. The van der Waals surface area contributed by atoms with Crippen LogP contribution in [0.2, 0.25) is 0 Å². The van der Waals surface area contributed by atoms with Crippen LogP contribution in [0.5, 0.6) is 0 Å². The van der Waals surface area contributed by atoms with Crippen molar-refractivity contribution in [2.75, 3.05) is 0 Å². The van der Waals surface area contributed by atoms with E-state index in [1.165, 1.54) is 11.3 Å². The molecule has 1 aromatic heterocycles. The lowest BCUT2D eigenvalue weighted by Crippen LogP contribution is -2.42. The van der Waals surface area contributed by atoms with Crippen LogP contribution in [-0.4, -0.2) is 23.2 Å². The van der Waals surface area contributed by atoms with Gasteiger partial charge in [0.1, 0.15) is 12.6 Å². The van der Waals surface area contributed by atoms with Crippen LogP contribution >= 0.6 is 27.3 Å². The summed E-state index contributed by atoms with van der Waals surface area (Å²) in [6.45, 7) is 0.101. The molecular weight excluding hydrogens is 370 g/mol. The molecule has 2 N–H and O–H groups in total. The van der Waals surface area contributed by atoms with Gasteiger partial charge in [-0.25, -0.2) is 9.59 Å². The molecular formula is C15H14BrNO4S. The van der Waals surface area contributed by atoms with Crippen molar-refractivity contribution in [3.63, 3.8) is 0 Å². The number of rotatable bonds is 6. The van der Waals surface area contributed by atoms with Crippen molar-refractivity contribution in [1.82, 2.24) is 5.32 Å². The van der Waals surface area contributed by atoms with Gasteiger partial charge in [0.25, 0.3) is 0 Å². The molecule has 116 valence electrons. The Bertz CT molecular complexity index is 644. The first-order valence-electron chi connectivity index (χ1n) is 6.47. The highest BCUT2D eigenvalue weighted by Gasteiger charge is 2.21. The molecule has 5 nitrogen and oxygen atoms in total. The Hall–Kier alpha value is -1.86. The summed E-state index contributed by atoms with van der Waals surface area (Å²) < 4.78 is 5.92. The van der Waals surface area contributed by atoms with Crippen molar-refractivity contribution in [3.8, 4) is 0 Å². The fourth-order valence-electron chi connectivity index (χ4n) is 1.77. The molecule has 0 bridgehead atoms. The molecule has 0 aliphatic carbocycles. The topological polar surface area (TPSA) is 75.6 Å². The molecule has 22 heavy (non-hydrogen) atoms. The molecule has 7 heteroatoms. The zero-order valence-corrected chi connectivity index (χ0v) is 13.9. The number of carbonyl (C=O) groups excluding carboxylic acids is 1. The van der Waals surface area contributed by atoms with Crippen LogP contribution in [0.25, 0.3) is 0 Å². The van der Waals surface area contributed by atoms with Crippen LogP contribution < -0.4 is 5.32 Å². The van der Waals surface area contributed by atoms with Crippen molar-refractivity contribution in [3.05, 3.63) is 56.7 Å². The van der Waals surface area contributed by atoms with Gasteiger partial charge in [-0.3, -0.25) is 0 Å². The van der Waals surface area contributed by atoms with Crippen LogP contribution in [0.1, 0.15) is 10.4 Å². The van der Waals surface area contributed by atoms with Crippen molar-refractivity contribution in [2.45, 2.75) is 19.1 Å². The summed E-state index contributed by atoms with van der Waals surface area (Å²) in [4.78, 5) is 23.8. The number of amides is 1. The fraction of sp³-hybridized carbons (Fsp3) is 0.200. The standard InChI is InChI=1S/C15H14BrNO4S/c16-11-6-12(22-9-11)7-13(14(18)19)17-15(20)21-8-10-4-2-1-3-5-10/h1-6,9,13H,7-8H2,(H,17,20)(H,18,19)/t13-/m0/s1. The smallest absolute Gasteiger partial charge is 0.408 e. The van der Waals surface area contributed by atoms with Gasteiger partial charge in [0.15, 0.2) is 0 Å². The van der Waals surface area contributed by atoms with E-state index in [1.807, 2.05) is 41.8 Å². The number of hydrogen-bond donors (Lipinski definition) is 2. The predicted molar refractivity (Wildman–Crippen MR) is 86.9 cm³/mol. The highest BCUT2D eigenvalue weighted by Crippen LogP contribution is 2.21. The summed E-state index contributed by atoms with van der Waals surface area (Å²) in [7, 11) is 0. The summed E-state index contributed by atoms with van der Waals surface area (Å²) in [5.41, 5.74) is 0.840. The van der Waals surface area contributed by atoms with E-state index in [-0.39, 0.29) is 13.0 Å². The number of carboxylic acid groups (broad SMARTS) is 1. The third kappa shape index (κ3) is 5.16. The number of nitrogens with one attached hydrogen (secondary N) is 1. The first-order chi connectivity index (χ1) is 10.5. The van der Waals surface area contributed by atoms with Crippen LogP contribution in [0, 0.1) is 0 Å². The predicted octanol–water partition coefficient (Wildman–Crippen LogP) is 3.43. The van der Waals surface area contributed by atoms with Gasteiger partial charge in [0.05, 0.1) is 0 Å². The van der Waals surface area contributed by atoms with E-state index in [4.69, 9.17) is 4.74 Å². The second kappa shape index (κ2) is 7.95. The zero-order valence-electron chi connectivity index (χ0n) is 11.5. The maximum Gasteiger partial charge on any atom is 0.408 e. The van der Waals surface area contributed by atoms with E-state index < -0.39 is 18.1 Å². The minimum atomic E-state index is -1.10. The highest BCUT2D eigenvalue weighted by molar-refractivity contribution is 9.10. The van der Waals surface area contributed by atoms with Crippen molar-refractivity contribution in [1.29, 1.82) is 0 Å². The number of ether oxygens (including phenoxy) is 1. The van der Waals surface area contributed by atoms with Crippen molar-refractivity contribution >= 4 is 39.3 Å². The average molecular weight is 384 g/mol. The van der Waals surface area contributed by atoms with Crippen LogP contribution in [-0.2, 0) is 22.6 Å². The Labute approximate surface area is 140 Å². The van der Waals surface area contributed by atoms with Crippen LogP contribution in [0.3, 0.4) is 0 Å². The van der Waals surface area contributed by atoms with Crippen molar-refractivity contribution < 1.29 is 19.4 Å². The van der Waals surface area contributed by atoms with Gasteiger partial charge in [-0.15, -0.1) is 11.3 Å². The number of benzene rings is 1. The molecule has 0 aliphatic heterocycles. The number of carboxylic acids is 1. The minimum Gasteiger partial charge on any atom is -0.480 e. The largest absolute Gasteiger partial charge is 0.480 e. The molecule has 0 fully saturated rings. The average Bonchev–Trinajstić information content (AvgIpc) is 2.91. The summed E-state index contributed by atoms with van der Waals surface area (Å²) in [6, 6.07) is 10.0. The molecule has 0 unspecified atom stereocenters. The number of carbonyl (C=O) groups is 2. The molecule has 2 aromatic rings. The second-order valence-electron chi connectivity index (χ2n) is 4.53. The zero-order chi connectivity index (χ0) is 15.9. The number of thiophene rings is 1. The van der Waals surface area contributed by atoms with E-state index in [0.717, 1.165) is 14.9 Å². The molecule has 1 atom stereocenters. The molecule has 1 heterocycles. The Kier molecular flexibility index (Phi) is 5.97. The van der Waals surface area contributed by atoms with Gasteiger partial charge in [-0.2, -0.15) is 0 Å². The maximum atomic E-state index is 11.7. The Morgan fingerprint density at radius 2 is 2.05 bits per heavy atom. The summed E-state index contributed by atoms with van der Waals surface area (Å²) in [5.74, 6) is -1.10. The van der Waals surface area contributed by atoms with E-state index in [9.17, 15) is 14.7 Å². The number of alkyl carbamates (subject to hydrolysis) is 1. The molecule has 0 radical (unpaired) electrons. The van der Waals surface area contributed by atoms with Gasteiger partial charge in [0, 0.05) is 21.2 Å². The number of hydrogen-bond acceptors (Lipinski definition) is 4. The third-order valence-corrected chi connectivity index (χ3v) is 4.55. The van der Waals surface area contributed by atoms with E-state index >= 15 is 0 Å². The quantitative estimate of drug-likeness (QED) is 0.800. The van der Waals surface area contributed by atoms with Crippen LogP contribution in [0.4, 0.5) is 4.79 Å². The highest BCUT2D eigenvalue weighted by atomic mass is 79.9. The van der Waals surface area contributed by atoms with Crippen LogP contribution in [0.15, 0.2) is 46.3 Å². The molecule has 0 aliphatic rings. The van der Waals surface area contributed by atoms with E-state index in [1.54, 1.807) is 0 Å². The lowest BCUT2D eigenvalue weighted by molar-refractivity contribution is -0.139. The summed E-state index contributed by atoms with van der Waals surface area (Å²) in [5, 5.41) is 13.4. The number of halogens is 1. The Balaban J connectivity index is 1.87. The lowest BCUT2D eigenvalue weighted by atomic mass is 10.2.